The summed E-state index contributed by atoms with van der Waals surface area (Å²) in [5, 5.41) is 0. The fourth-order valence-corrected chi connectivity index (χ4v) is 10.7. The zero-order valence-electron chi connectivity index (χ0n) is 35.0. The van der Waals surface area contributed by atoms with Crippen LogP contribution in [0.5, 0.6) is 0 Å². The monoisotopic (exact) mass is 795 g/mol. The lowest BCUT2D eigenvalue weighted by atomic mass is 9.67. The molecule has 0 atom stereocenters. The van der Waals surface area contributed by atoms with Gasteiger partial charge in [0.25, 0.3) is 0 Å². The molecule has 9 aromatic carbocycles. The summed E-state index contributed by atoms with van der Waals surface area (Å²) in [5.41, 5.74) is 19.2. The van der Waals surface area contributed by atoms with Crippen LogP contribution >= 0.6 is 0 Å². The zero-order chi connectivity index (χ0) is 41.3. The van der Waals surface area contributed by atoms with E-state index in [4.69, 9.17) is 0 Å². The molecule has 0 saturated heterocycles. The molecule has 2 aliphatic carbocycles. The first kappa shape index (κ1) is 37.8. The molecule has 0 N–H and O–H groups in total. The minimum absolute atomic E-state index is 0.547. The lowest BCUT2D eigenvalue weighted by Gasteiger charge is -2.36. The van der Waals surface area contributed by atoms with Gasteiger partial charge in [-0.25, -0.2) is 0 Å². The van der Waals surface area contributed by atoms with Crippen molar-refractivity contribution < 1.29 is 0 Å². The third kappa shape index (κ3) is 6.48. The second-order valence-corrected chi connectivity index (χ2v) is 17.0. The third-order valence-electron chi connectivity index (χ3n) is 13.6. The Morgan fingerprint density at radius 3 is 1.47 bits per heavy atom. The molecule has 1 saturated carbocycles. The highest BCUT2D eigenvalue weighted by Crippen LogP contribution is 2.59. The molecule has 2 aliphatic rings. The van der Waals surface area contributed by atoms with Crippen LogP contribution in [0.25, 0.3) is 44.5 Å². The molecular formula is C61H49N. The Morgan fingerprint density at radius 1 is 0.339 bits per heavy atom. The summed E-state index contributed by atoms with van der Waals surface area (Å²) in [7, 11) is 0. The van der Waals surface area contributed by atoms with Crippen LogP contribution in [0.4, 0.5) is 17.1 Å². The van der Waals surface area contributed by atoms with Gasteiger partial charge in [-0.3, -0.25) is 0 Å². The van der Waals surface area contributed by atoms with Crippen LogP contribution in [0.1, 0.15) is 65.8 Å². The average Bonchev–Trinajstić information content (AvgIpc) is 3.65. The summed E-state index contributed by atoms with van der Waals surface area (Å²) in [5.74, 6) is 0.618. The Kier molecular flexibility index (Phi) is 9.94. The SMILES string of the molecule is c1ccc(-c2ccccc2-c2ccccc2N(c2ccc(C3CCCCC3)cc2)c2cc3c(cc2-c2ccccc2)-c2ccccc2C3(c2ccccc2)c2ccccc2)cc1. The van der Waals surface area contributed by atoms with Crippen LogP contribution in [0.15, 0.2) is 231 Å². The molecule has 0 aliphatic heterocycles. The van der Waals surface area contributed by atoms with Crippen molar-refractivity contribution in [3.63, 3.8) is 0 Å². The second kappa shape index (κ2) is 16.3. The number of nitrogens with zero attached hydrogens (tertiary/aromatic N) is 1. The highest BCUT2D eigenvalue weighted by Gasteiger charge is 2.47. The molecule has 1 nitrogen and oxygen atoms in total. The third-order valence-corrected chi connectivity index (χ3v) is 13.6. The van der Waals surface area contributed by atoms with E-state index in [1.54, 1.807) is 0 Å². The van der Waals surface area contributed by atoms with E-state index in [0.717, 1.165) is 17.1 Å². The van der Waals surface area contributed by atoms with Crippen LogP contribution in [-0.2, 0) is 5.41 Å². The molecule has 0 bridgehead atoms. The van der Waals surface area contributed by atoms with E-state index in [0.29, 0.717) is 5.92 Å². The summed E-state index contributed by atoms with van der Waals surface area (Å²) in [6.45, 7) is 0. The Bertz CT molecular complexity index is 2920. The Hall–Kier alpha value is -7.22. The maximum atomic E-state index is 2.56. The molecule has 0 aromatic heterocycles. The van der Waals surface area contributed by atoms with Gasteiger partial charge >= 0.3 is 0 Å². The number of para-hydroxylation sites is 1. The molecule has 0 unspecified atom stereocenters. The van der Waals surface area contributed by atoms with Crippen LogP contribution in [0.3, 0.4) is 0 Å². The minimum atomic E-state index is -0.547. The highest BCUT2D eigenvalue weighted by atomic mass is 15.1. The van der Waals surface area contributed by atoms with Crippen molar-refractivity contribution in [1.29, 1.82) is 0 Å². The molecule has 0 amide bonds. The predicted octanol–water partition coefficient (Wildman–Crippen LogP) is 16.6. The first-order valence-corrected chi connectivity index (χ1v) is 22.4. The molecule has 298 valence electrons. The highest BCUT2D eigenvalue weighted by molar-refractivity contribution is 6.00. The topological polar surface area (TPSA) is 3.24 Å². The number of fused-ring (bicyclic) bond motifs is 3. The molecule has 62 heavy (non-hydrogen) atoms. The molecule has 1 fully saturated rings. The van der Waals surface area contributed by atoms with Gasteiger partial charge in [0.2, 0.25) is 0 Å². The number of hydrogen-bond acceptors (Lipinski definition) is 1. The first-order valence-electron chi connectivity index (χ1n) is 22.4. The lowest BCUT2D eigenvalue weighted by Crippen LogP contribution is -2.28. The molecule has 9 aromatic rings. The van der Waals surface area contributed by atoms with Gasteiger partial charge in [-0.15, -0.1) is 0 Å². The molecule has 0 heterocycles. The smallest absolute Gasteiger partial charge is 0.0714 e. The Labute approximate surface area is 366 Å². The van der Waals surface area contributed by atoms with Crippen molar-refractivity contribution >= 4 is 17.1 Å². The van der Waals surface area contributed by atoms with E-state index in [-0.39, 0.29) is 0 Å². The van der Waals surface area contributed by atoms with Gasteiger partial charge in [-0.1, -0.05) is 219 Å². The van der Waals surface area contributed by atoms with Crippen molar-refractivity contribution in [3.05, 3.63) is 258 Å². The van der Waals surface area contributed by atoms with Gasteiger partial charge in [0, 0.05) is 16.8 Å². The number of anilines is 3. The minimum Gasteiger partial charge on any atom is -0.309 e. The van der Waals surface area contributed by atoms with Gasteiger partial charge in [-0.05, 0) is 110 Å². The lowest BCUT2D eigenvalue weighted by molar-refractivity contribution is 0.443. The quantitative estimate of drug-likeness (QED) is 0.141. The van der Waals surface area contributed by atoms with Gasteiger partial charge < -0.3 is 4.90 Å². The largest absolute Gasteiger partial charge is 0.309 e. The summed E-state index contributed by atoms with van der Waals surface area (Å²) >= 11 is 0. The van der Waals surface area contributed by atoms with Crippen molar-refractivity contribution in [2.75, 3.05) is 4.90 Å². The van der Waals surface area contributed by atoms with Crippen LogP contribution in [0.2, 0.25) is 0 Å². The summed E-state index contributed by atoms with van der Waals surface area (Å²) in [4.78, 5) is 2.56. The summed E-state index contributed by atoms with van der Waals surface area (Å²) in [6.07, 6.45) is 6.52. The molecule has 0 spiro atoms. The van der Waals surface area contributed by atoms with Crippen molar-refractivity contribution in [3.8, 4) is 44.5 Å². The van der Waals surface area contributed by atoms with Crippen LogP contribution in [0, 0.1) is 0 Å². The average molecular weight is 796 g/mol. The van der Waals surface area contributed by atoms with Gasteiger partial charge in [0.1, 0.15) is 0 Å². The zero-order valence-corrected chi connectivity index (χ0v) is 35.0. The van der Waals surface area contributed by atoms with E-state index in [9.17, 15) is 0 Å². The maximum absolute atomic E-state index is 2.56. The van der Waals surface area contributed by atoms with E-state index in [2.05, 4.69) is 235 Å². The summed E-state index contributed by atoms with van der Waals surface area (Å²) < 4.78 is 0. The molecular weight excluding hydrogens is 747 g/mol. The van der Waals surface area contributed by atoms with Gasteiger partial charge in [-0.2, -0.15) is 0 Å². The van der Waals surface area contributed by atoms with Crippen LogP contribution < -0.4 is 4.90 Å². The maximum Gasteiger partial charge on any atom is 0.0714 e. The standard InChI is InChI=1S/C61H49N/c1-6-22-44(23-7-1)45-38-40-50(41-39-45)62(59-37-21-19-35-54(59)52-33-17-16-32-51(52)46-24-8-2-9-25-46)60-43-58-56(42-55(60)47-26-10-3-11-27-47)53-34-18-20-36-57(53)61(58,48-28-12-4-13-29-48)49-30-14-5-15-31-49/h2-5,8-21,24-44H,1,6-7,22-23H2. The van der Waals surface area contributed by atoms with Crippen molar-refractivity contribution in [2.24, 2.45) is 0 Å². The summed E-state index contributed by atoms with van der Waals surface area (Å²) in [6, 6.07) is 85.9. The number of hydrogen-bond donors (Lipinski definition) is 0. The van der Waals surface area contributed by atoms with E-state index in [1.165, 1.54) is 104 Å². The predicted molar refractivity (Wildman–Crippen MR) is 261 cm³/mol. The number of rotatable bonds is 9. The van der Waals surface area contributed by atoms with Crippen molar-refractivity contribution in [2.45, 2.75) is 43.4 Å². The van der Waals surface area contributed by atoms with E-state index >= 15 is 0 Å². The second-order valence-electron chi connectivity index (χ2n) is 17.0. The Balaban J connectivity index is 1.23. The fourth-order valence-electron chi connectivity index (χ4n) is 10.7. The Morgan fingerprint density at radius 2 is 0.839 bits per heavy atom. The van der Waals surface area contributed by atoms with Gasteiger partial charge in [0.15, 0.2) is 0 Å². The molecule has 0 radical (unpaired) electrons. The van der Waals surface area contributed by atoms with Crippen molar-refractivity contribution in [1.82, 2.24) is 0 Å². The first-order chi connectivity index (χ1) is 30.8. The molecule has 1 heteroatoms. The van der Waals surface area contributed by atoms with Crippen LogP contribution in [-0.4, -0.2) is 0 Å². The number of benzene rings is 9. The van der Waals surface area contributed by atoms with E-state index < -0.39 is 5.41 Å². The fraction of sp³-hybridized carbons (Fsp3) is 0.115. The molecule has 11 rings (SSSR count). The normalized spacial score (nSPS) is 14.2. The van der Waals surface area contributed by atoms with E-state index in [1.807, 2.05) is 0 Å². The van der Waals surface area contributed by atoms with Gasteiger partial charge in [0.05, 0.1) is 16.8 Å².